The number of nitro benzene ring substituents is 2. The van der Waals surface area contributed by atoms with Gasteiger partial charge in [-0.25, -0.2) is 0 Å². The number of benzene rings is 2. The van der Waals surface area contributed by atoms with Gasteiger partial charge >= 0.3 is 11.9 Å². The summed E-state index contributed by atoms with van der Waals surface area (Å²) in [6.45, 7) is 0. The molecule has 0 N–H and O–H groups in total. The summed E-state index contributed by atoms with van der Waals surface area (Å²) in [4.78, 5) is 43.6. The van der Waals surface area contributed by atoms with E-state index in [-0.39, 0.29) is 42.1 Å². The molecule has 2 aromatic rings. The molecule has 0 aromatic heterocycles. The molecule has 0 aliphatic rings. The van der Waals surface area contributed by atoms with Gasteiger partial charge in [0, 0.05) is 25.0 Å². The van der Waals surface area contributed by atoms with Crippen molar-refractivity contribution >= 4 is 23.3 Å². The van der Waals surface area contributed by atoms with Crippen LogP contribution in [0.2, 0.25) is 0 Å². The van der Waals surface area contributed by atoms with E-state index >= 15 is 0 Å². The fraction of sp³-hybridized carbons (Fsp3) is 0.176. The second-order valence-corrected chi connectivity index (χ2v) is 5.31. The summed E-state index contributed by atoms with van der Waals surface area (Å²) in [5.74, 6) is -1.24. The first-order valence-corrected chi connectivity index (χ1v) is 7.75. The van der Waals surface area contributed by atoms with Crippen LogP contribution in [0.25, 0.3) is 0 Å². The van der Waals surface area contributed by atoms with E-state index in [4.69, 9.17) is 9.47 Å². The van der Waals surface area contributed by atoms with Gasteiger partial charge < -0.3 is 9.47 Å². The molecule has 0 bridgehead atoms. The predicted molar refractivity (Wildman–Crippen MR) is 91.3 cm³/mol. The van der Waals surface area contributed by atoms with Crippen molar-refractivity contribution < 1.29 is 28.9 Å². The fourth-order valence-electron chi connectivity index (χ4n) is 2.06. The zero-order valence-electron chi connectivity index (χ0n) is 13.9. The van der Waals surface area contributed by atoms with Crippen molar-refractivity contribution in [2.45, 2.75) is 19.3 Å². The molecule has 0 unspecified atom stereocenters. The Morgan fingerprint density at radius 2 is 1.19 bits per heavy atom. The quantitative estimate of drug-likeness (QED) is 0.297. The van der Waals surface area contributed by atoms with E-state index in [1.807, 2.05) is 0 Å². The summed E-state index contributed by atoms with van der Waals surface area (Å²) >= 11 is 0. The Morgan fingerprint density at radius 1 is 0.778 bits per heavy atom. The predicted octanol–water partition coefficient (Wildman–Crippen LogP) is 3.18. The van der Waals surface area contributed by atoms with Gasteiger partial charge in [0.1, 0.15) is 11.5 Å². The van der Waals surface area contributed by atoms with Gasteiger partial charge in [0.05, 0.1) is 22.0 Å². The Kier molecular flexibility index (Phi) is 6.53. The van der Waals surface area contributed by atoms with Gasteiger partial charge in [0.2, 0.25) is 0 Å². The molecule has 0 fully saturated rings. The van der Waals surface area contributed by atoms with Crippen LogP contribution in [0.15, 0.2) is 48.5 Å². The number of carbonyl (C=O) groups is 2. The zero-order valence-corrected chi connectivity index (χ0v) is 13.9. The van der Waals surface area contributed by atoms with Crippen LogP contribution in [0.3, 0.4) is 0 Å². The minimum absolute atomic E-state index is 0.0355. The minimum Gasteiger partial charge on any atom is -0.426 e. The first-order chi connectivity index (χ1) is 12.8. The third kappa shape index (κ3) is 6.20. The number of carbonyl (C=O) groups excluding carboxylic acids is 2. The first-order valence-electron chi connectivity index (χ1n) is 7.75. The van der Waals surface area contributed by atoms with Crippen molar-refractivity contribution in [1.29, 1.82) is 0 Å². The van der Waals surface area contributed by atoms with Crippen molar-refractivity contribution in [3.63, 3.8) is 0 Å². The first kappa shape index (κ1) is 19.5. The number of non-ortho nitro benzene ring substituents is 2. The molecule has 10 nitrogen and oxygen atoms in total. The van der Waals surface area contributed by atoms with Crippen LogP contribution in [0.1, 0.15) is 19.3 Å². The Bertz CT molecular complexity index is 809. The highest BCUT2D eigenvalue weighted by atomic mass is 16.6. The van der Waals surface area contributed by atoms with Crippen LogP contribution < -0.4 is 9.47 Å². The molecule has 0 spiro atoms. The van der Waals surface area contributed by atoms with E-state index in [1.54, 1.807) is 0 Å². The van der Waals surface area contributed by atoms with Gasteiger partial charge in [-0.15, -0.1) is 0 Å². The van der Waals surface area contributed by atoms with Crippen molar-refractivity contribution in [2.75, 3.05) is 0 Å². The van der Waals surface area contributed by atoms with E-state index in [2.05, 4.69) is 0 Å². The van der Waals surface area contributed by atoms with Gasteiger partial charge in [0.25, 0.3) is 11.4 Å². The van der Waals surface area contributed by atoms with Gasteiger partial charge in [0.15, 0.2) is 0 Å². The monoisotopic (exact) mass is 374 g/mol. The van der Waals surface area contributed by atoms with E-state index in [1.165, 1.54) is 36.4 Å². The highest BCUT2D eigenvalue weighted by molar-refractivity contribution is 5.75. The number of hydrogen-bond donors (Lipinski definition) is 0. The zero-order chi connectivity index (χ0) is 19.8. The molecule has 0 saturated carbocycles. The lowest BCUT2D eigenvalue weighted by Crippen LogP contribution is -2.11. The van der Waals surface area contributed by atoms with Crippen LogP contribution >= 0.6 is 0 Å². The van der Waals surface area contributed by atoms with Crippen LogP contribution in [0, 0.1) is 20.2 Å². The van der Waals surface area contributed by atoms with E-state index < -0.39 is 21.8 Å². The number of nitro groups is 2. The van der Waals surface area contributed by atoms with Crippen molar-refractivity contribution in [3.8, 4) is 11.5 Å². The number of hydrogen-bond acceptors (Lipinski definition) is 8. The molecule has 0 radical (unpaired) electrons. The Balaban J connectivity index is 1.78. The van der Waals surface area contributed by atoms with Crippen LogP contribution in [0.5, 0.6) is 11.5 Å². The molecule has 10 heteroatoms. The molecule has 27 heavy (non-hydrogen) atoms. The summed E-state index contributed by atoms with van der Waals surface area (Å²) in [6, 6.07) is 10.3. The van der Waals surface area contributed by atoms with Crippen molar-refractivity contribution in [2.24, 2.45) is 0 Å². The Hall–Kier alpha value is -3.82. The molecule has 0 atom stereocenters. The van der Waals surface area contributed by atoms with Crippen LogP contribution in [-0.4, -0.2) is 21.8 Å². The van der Waals surface area contributed by atoms with Gasteiger partial charge in [-0.05, 0) is 18.6 Å². The maximum atomic E-state index is 11.7. The molecular formula is C17H14N2O8. The lowest BCUT2D eigenvalue weighted by atomic mass is 10.2. The summed E-state index contributed by atoms with van der Waals surface area (Å²) in [5.41, 5.74) is -0.415. The molecule has 0 aliphatic carbocycles. The number of esters is 2. The van der Waals surface area contributed by atoms with E-state index in [0.717, 1.165) is 12.1 Å². The largest absolute Gasteiger partial charge is 0.426 e. The SMILES string of the molecule is O=C(CCCC(=O)Oc1cccc([N+](=O)[O-])c1)Oc1cccc([N+](=O)[O-])c1. The summed E-state index contributed by atoms with van der Waals surface area (Å²) in [6.07, 6.45) is -0.0824. The molecule has 0 aliphatic heterocycles. The second kappa shape index (κ2) is 9.04. The maximum Gasteiger partial charge on any atom is 0.311 e. The van der Waals surface area contributed by atoms with Crippen molar-refractivity contribution in [1.82, 2.24) is 0 Å². The minimum atomic E-state index is -0.654. The third-order valence-corrected chi connectivity index (χ3v) is 3.28. The highest BCUT2D eigenvalue weighted by Gasteiger charge is 2.13. The molecule has 0 heterocycles. The van der Waals surface area contributed by atoms with Crippen molar-refractivity contribution in [3.05, 3.63) is 68.8 Å². The molecule has 140 valence electrons. The smallest absolute Gasteiger partial charge is 0.311 e. The Labute approximate surface area is 152 Å². The topological polar surface area (TPSA) is 139 Å². The highest BCUT2D eigenvalue weighted by Crippen LogP contribution is 2.21. The molecule has 0 saturated heterocycles. The summed E-state index contributed by atoms with van der Waals surface area (Å²) in [5, 5.41) is 21.3. The molecule has 0 amide bonds. The second-order valence-electron chi connectivity index (χ2n) is 5.31. The lowest BCUT2D eigenvalue weighted by Gasteiger charge is -2.05. The molecular weight excluding hydrogens is 360 g/mol. The molecule has 2 aromatic carbocycles. The van der Waals surface area contributed by atoms with Crippen LogP contribution in [0.4, 0.5) is 11.4 Å². The summed E-state index contributed by atoms with van der Waals surface area (Å²) in [7, 11) is 0. The van der Waals surface area contributed by atoms with Gasteiger partial charge in [-0.2, -0.15) is 0 Å². The third-order valence-electron chi connectivity index (χ3n) is 3.28. The fourth-order valence-corrected chi connectivity index (χ4v) is 2.06. The van der Waals surface area contributed by atoms with E-state index in [9.17, 15) is 29.8 Å². The number of rotatable bonds is 8. The lowest BCUT2D eigenvalue weighted by molar-refractivity contribution is -0.385. The Morgan fingerprint density at radius 3 is 1.56 bits per heavy atom. The van der Waals surface area contributed by atoms with Gasteiger partial charge in [-0.3, -0.25) is 29.8 Å². The molecule has 2 rings (SSSR count). The van der Waals surface area contributed by atoms with Crippen LogP contribution in [-0.2, 0) is 9.59 Å². The number of nitrogens with zero attached hydrogens (tertiary/aromatic N) is 2. The van der Waals surface area contributed by atoms with Gasteiger partial charge in [-0.1, -0.05) is 12.1 Å². The standard InChI is InChI=1S/C17H14N2O8/c20-16(26-14-6-1-4-12(10-14)18(22)23)8-3-9-17(21)27-15-7-2-5-13(11-15)19(24)25/h1-2,4-7,10-11H,3,8-9H2. The maximum absolute atomic E-state index is 11.7. The summed E-state index contributed by atoms with van der Waals surface area (Å²) < 4.78 is 9.95. The average molecular weight is 374 g/mol. The average Bonchev–Trinajstić information content (AvgIpc) is 2.62. The number of ether oxygens (including phenoxy) is 2. The van der Waals surface area contributed by atoms with E-state index in [0.29, 0.717) is 0 Å². The normalized spacial score (nSPS) is 10.1.